The Labute approximate surface area is 305 Å². The first-order valence-electron chi connectivity index (χ1n) is 19.4. The fourth-order valence-electron chi connectivity index (χ4n) is 5.08. The van der Waals surface area contributed by atoms with E-state index < -0.39 is 12.0 Å². The summed E-state index contributed by atoms with van der Waals surface area (Å²) in [5, 5.41) is 11.9. The van der Waals surface area contributed by atoms with Gasteiger partial charge in [0, 0.05) is 12.8 Å². The highest BCUT2D eigenvalue weighted by Gasteiger charge is 2.18. The molecule has 2 atom stereocenters. The van der Waals surface area contributed by atoms with Crippen molar-refractivity contribution in [2.45, 2.75) is 161 Å². The summed E-state index contributed by atoms with van der Waals surface area (Å²) in [6.45, 7) is 4.67. The van der Waals surface area contributed by atoms with E-state index in [1.807, 2.05) is 6.08 Å². The molecule has 4 N–H and O–H groups in total. The molecule has 0 bridgehead atoms. The number of carboxylic acid groups (broad SMARTS) is 1. The number of allylic oxidation sites excluding steroid dienone is 13. The average Bonchev–Trinajstić information content (AvgIpc) is 3.10. The number of unbranched alkanes of at least 4 members (excludes halogenated alkanes) is 7. The predicted molar refractivity (Wildman–Crippen MR) is 211 cm³/mol. The van der Waals surface area contributed by atoms with Crippen LogP contribution in [0.5, 0.6) is 0 Å². The third-order valence-corrected chi connectivity index (χ3v) is 7.94. The summed E-state index contributed by atoms with van der Waals surface area (Å²) >= 11 is 0. The topological polar surface area (TPSA) is 119 Å². The van der Waals surface area contributed by atoms with Gasteiger partial charge in [0.15, 0.2) is 0 Å². The minimum atomic E-state index is -1.03. The van der Waals surface area contributed by atoms with Crippen molar-refractivity contribution in [3.8, 4) is 0 Å². The van der Waals surface area contributed by atoms with E-state index in [2.05, 4.69) is 98.2 Å². The van der Waals surface area contributed by atoms with Crippen LogP contribution in [0.3, 0.4) is 0 Å². The molecule has 0 aromatic heterocycles. The summed E-state index contributed by atoms with van der Waals surface area (Å²) in [5.74, 6) is -1.41. The summed E-state index contributed by atoms with van der Waals surface area (Å²) in [5.41, 5.74) is 5.47. The highest BCUT2D eigenvalue weighted by molar-refractivity contribution is 5.83. The molecule has 0 saturated heterocycles. The quantitative estimate of drug-likeness (QED) is 0.0357. The number of carbonyl (C=O) groups is 3. The van der Waals surface area contributed by atoms with Crippen LogP contribution in [-0.4, -0.2) is 41.6 Å². The molecule has 2 unspecified atom stereocenters. The first kappa shape index (κ1) is 46.5. The molecule has 0 aliphatic heterocycles. The molecule has 0 saturated carbocycles. The molecule has 0 heterocycles. The monoisotopic (exact) mass is 695 g/mol. The molecule has 0 spiro atoms. The van der Waals surface area contributed by atoms with Crippen molar-refractivity contribution in [2.75, 3.05) is 6.54 Å². The third-order valence-electron chi connectivity index (χ3n) is 7.94. The minimum absolute atomic E-state index is 0.141. The van der Waals surface area contributed by atoms with Crippen molar-refractivity contribution in [3.63, 3.8) is 0 Å². The van der Waals surface area contributed by atoms with E-state index in [1.54, 1.807) is 0 Å². The molecule has 7 nitrogen and oxygen atoms in total. The first-order valence-corrected chi connectivity index (χ1v) is 19.4. The number of hydrogen-bond donors (Lipinski definition) is 3. The van der Waals surface area contributed by atoms with Gasteiger partial charge in [-0.2, -0.15) is 0 Å². The van der Waals surface area contributed by atoms with Crippen LogP contribution in [0.4, 0.5) is 0 Å². The number of carboxylic acids is 1. The van der Waals surface area contributed by atoms with Crippen LogP contribution in [0.1, 0.15) is 149 Å². The van der Waals surface area contributed by atoms with E-state index >= 15 is 0 Å². The van der Waals surface area contributed by atoms with Crippen LogP contribution in [0.2, 0.25) is 0 Å². The highest BCUT2D eigenvalue weighted by atomic mass is 16.5. The van der Waals surface area contributed by atoms with E-state index in [1.165, 1.54) is 0 Å². The lowest BCUT2D eigenvalue weighted by molar-refractivity contribution is -0.147. The van der Waals surface area contributed by atoms with Crippen molar-refractivity contribution < 1.29 is 24.2 Å². The van der Waals surface area contributed by atoms with E-state index in [0.717, 1.165) is 103 Å². The van der Waals surface area contributed by atoms with Crippen LogP contribution in [0.15, 0.2) is 85.1 Å². The number of nitrogens with one attached hydrogen (secondary N) is 1. The second-order valence-electron chi connectivity index (χ2n) is 12.6. The van der Waals surface area contributed by atoms with Gasteiger partial charge in [-0.3, -0.25) is 9.59 Å². The third kappa shape index (κ3) is 33.1. The van der Waals surface area contributed by atoms with Gasteiger partial charge in [0.25, 0.3) is 0 Å². The van der Waals surface area contributed by atoms with Crippen LogP contribution in [0.25, 0.3) is 0 Å². The zero-order valence-corrected chi connectivity index (χ0v) is 31.5. The Balaban J connectivity index is 4.41. The largest absolute Gasteiger partial charge is 0.480 e. The van der Waals surface area contributed by atoms with E-state index in [9.17, 15) is 19.5 Å². The lowest BCUT2D eigenvalue weighted by Gasteiger charge is -2.15. The van der Waals surface area contributed by atoms with Gasteiger partial charge in [-0.15, -0.1) is 0 Å². The van der Waals surface area contributed by atoms with Crippen LogP contribution < -0.4 is 11.1 Å². The molecular weight excluding hydrogens is 624 g/mol. The maximum Gasteiger partial charge on any atom is 0.326 e. The van der Waals surface area contributed by atoms with Crippen molar-refractivity contribution in [2.24, 2.45) is 5.73 Å². The molecule has 0 aromatic rings. The molecule has 7 heteroatoms. The maximum atomic E-state index is 12.7. The van der Waals surface area contributed by atoms with Gasteiger partial charge in [-0.1, -0.05) is 119 Å². The predicted octanol–water partition coefficient (Wildman–Crippen LogP) is 10.6. The van der Waals surface area contributed by atoms with E-state index in [-0.39, 0.29) is 18.0 Å². The number of nitrogens with two attached hydrogens (primary N) is 1. The van der Waals surface area contributed by atoms with E-state index in [0.29, 0.717) is 38.6 Å². The molecule has 282 valence electrons. The normalized spacial score (nSPS) is 13.7. The van der Waals surface area contributed by atoms with Gasteiger partial charge < -0.3 is 20.9 Å². The molecule has 0 aliphatic carbocycles. The fraction of sp³-hybridized carbons (Fsp3) is 0.605. The second-order valence-corrected chi connectivity index (χ2v) is 12.6. The van der Waals surface area contributed by atoms with E-state index in [4.69, 9.17) is 10.5 Å². The molecule has 0 fully saturated rings. The molecule has 0 rings (SSSR count). The number of rotatable bonds is 33. The fourth-order valence-corrected chi connectivity index (χ4v) is 5.08. The number of hydrogen-bond acceptors (Lipinski definition) is 5. The van der Waals surface area contributed by atoms with Gasteiger partial charge in [0.05, 0.1) is 0 Å². The molecule has 1 amide bonds. The number of carbonyl (C=O) groups excluding carboxylic acids is 2. The highest BCUT2D eigenvalue weighted by Crippen LogP contribution is 2.14. The van der Waals surface area contributed by atoms with Crippen molar-refractivity contribution in [1.29, 1.82) is 0 Å². The Morgan fingerprint density at radius 1 is 0.600 bits per heavy atom. The van der Waals surface area contributed by atoms with Crippen LogP contribution >= 0.6 is 0 Å². The maximum absolute atomic E-state index is 12.7. The summed E-state index contributed by atoms with van der Waals surface area (Å²) in [4.78, 5) is 36.2. The minimum Gasteiger partial charge on any atom is -0.480 e. The lowest BCUT2D eigenvalue weighted by atomic mass is 10.1. The van der Waals surface area contributed by atoms with Gasteiger partial charge in [-0.05, 0) is 109 Å². The number of esters is 1. The average molecular weight is 695 g/mol. The second kappa shape index (κ2) is 36.8. The smallest absolute Gasteiger partial charge is 0.326 e. The SMILES string of the molecule is CC/C=C\C/C=C\C/C=C\C/C=C\CCCCCCC(=O)OC(/C=C\C/C=C\C/C=C\CC)CCCCCCC(=O)NC(CCCN)C(=O)O. The summed E-state index contributed by atoms with van der Waals surface area (Å²) in [6.07, 6.45) is 47.9. The zero-order chi connectivity index (χ0) is 36.8. The summed E-state index contributed by atoms with van der Waals surface area (Å²) < 4.78 is 5.87. The Kier molecular flexibility index (Phi) is 34.3. The van der Waals surface area contributed by atoms with Crippen LogP contribution in [-0.2, 0) is 19.1 Å². The Hall–Kier alpha value is -3.45. The Morgan fingerprint density at radius 3 is 1.66 bits per heavy atom. The van der Waals surface area contributed by atoms with Gasteiger partial charge >= 0.3 is 11.9 Å². The zero-order valence-electron chi connectivity index (χ0n) is 31.5. The van der Waals surface area contributed by atoms with Crippen molar-refractivity contribution in [1.82, 2.24) is 5.32 Å². The number of amides is 1. The van der Waals surface area contributed by atoms with Crippen molar-refractivity contribution >= 4 is 17.8 Å². The summed E-state index contributed by atoms with van der Waals surface area (Å²) in [6, 6.07) is -0.882. The lowest BCUT2D eigenvalue weighted by Crippen LogP contribution is -2.40. The molecule has 0 aromatic carbocycles. The van der Waals surface area contributed by atoms with Gasteiger partial charge in [0.2, 0.25) is 5.91 Å². The number of ether oxygens (including phenoxy) is 1. The van der Waals surface area contributed by atoms with Crippen molar-refractivity contribution in [3.05, 3.63) is 85.1 Å². The standard InChI is InChI=1S/C43H70N2O5/c1-3-5-7-9-11-13-14-15-16-17-18-19-20-21-23-25-31-37-42(47)50-39(33-28-24-22-12-10-8-6-4-2)34-29-26-27-30-36-41(46)45-40(43(48)49)35-32-38-44/h5-8,11-13,15-16,18-19,22,28,33,39-40H,3-4,9-10,14,17,20-21,23-27,29-32,34-38,44H2,1-2H3,(H,45,46)(H,48,49)/b7-5-,8-6-,13-11-,16-15-,19-18-,22-12-,33-28-. The Bertz CT molecular complexity index is 1050. The molecular formula is C43H70N2O5. The van der Waals surface area contributed by atoms with Crippen LogP contribution in [0, 0.1) is 0 Å². The number of aliphatic carboxylic acids is 1. The Morgan fingerprint density at radius 2 is 1.10 bits per heavy atom. The van der Waals surface area contributed by atoms with Gasteiger partial charge in [0.1, 0.15) is 12.1 Å². The molecule has 0 radical (unpaired) electrons. The summed E-state index contributed by atoms with van der Waals surface area (Å²) in [7, 11) is 0. The molecule has 50 heavy (non-hydrogen) atoms. The first-order chi connectivity index (χ1) is 24.4. The van der Waals surface area contributed by atoms with Gasteiger partial charge in [-0.25, -0.2) is 4.79 Å². The molecule has 0 aliphatic rings.